The Morgan fingerprint density at radius 2 is 1.92 bits per heavy atom. The van der Waals surface area contributed by atoms with E-state index in [0.717, 1.165) is 5.56 Å². The van der Waals surface area contributed by atoms with Crippen molar-refractivity contribution in [1.29, 1.82) is 0 Å². The molecule has 1 rings (SSSR count). The van der Waals surface area contributed by atoms with E-state index in [9.17, 15) is 9.90 Å². The number of carbonyl (C=O) groups is 1. The normalized spacial score (nSPS) is 15.0. The molecule has 0 aromatic heterocycles. The summed E-state index contributed by atoms with van der Waals surface area (Å²) >= 11 is 0. The molecule has 0 bridgehead atoms. The molecular formula is C10H13NO2. The smallest absolute Gasteiger partial charge is 0.139 e. The van der Waals surface area contributed by atoms with Gasteiger partial charge in [0.05, 0.1) is 6.04 Å². The summed E-state index contributed by atoms with van der Waals surface area (Å²) in [5.74, 6) is 0. The number of aliphatic hydroxyl groups excluding tert-OH is 1. The second-order valence-electron chi connectivity index (χ2n) is 3.07. The van der Waals surface area contributed by atoms with Crippen molar-refractivity contribution in [2.75, 3.05) is 0 Å². The van der Waals surface area contributed by atoms with Crippen LogP contribution in [-0.4, -0.2) is 17.4 Å². The van der Waals surface area contributed by atoms with Crippen LogP contribution in [0.3, 0.4) is 0 Å². The second-order valence-corrected chi connectivity index (χ2v) is 3.07. The van der Waals surface area contributed by atoms with Crippen molar-refractivity contribution in [3.8, 4) is 0 Å². The van der Waals surface area contributed by atoms with E-state index in [1.807, 2.05) is 19.1 Å². The zero-order valence-corrected chi connectivity index (χ0v) is 7.47. The molecule has 0 saturated heterocycles. The van der Waals surface area contributed by atoms with Gasteiger partial charge in [-0.05, 0) is 12.5 Å². The van der Waals surface area contributed by atoms with E-state index in [2.05, 4.69) is 0 Å². The molecule has 2 atom stereocenters. The summed E-state index contributed by atoms with van der Waals surface area (Å²) in [6.45, 7) is 1.95. The quantitative estimate of drug-likeness (QED) is 0.666. The van der Waals surface area contributed by atoms with Gasteiger partial charge in [0.1, 0.15) is 12.4 Å². The predicted octanol–water partition coefficient (Wildman–Crippen LogP) is 0.555. The van der Waals surface area contributed by atoms with Crippen LogP contribution in [0.4, 0.5) is 0 Å². The van der Waals surface area contributed by atoms with Crippen LogP contribution in [0.25, 0.3) is 0 Å². The third-order valence-electron chi connectivity index (χ3n) is 1.94. The fourth-order valence-electron chi connectivity index (χ4n) is 1.06. The number of hydrogen-bond acceptors (Lipinski definition) is 3. The number of benzene rings is 1. The molecule has 3 nitrogen and oxygen atoms in total. The van der Waals surface area contributed by atoms with E-state index < -0.39 is 12.1 Å². The van der Waals surface area contributed by atoms with E-state index in [1.54, 1.807) is 12.1 Å². The molecule has 13 heavy (non-hydrogen) atoms. The van der Waals surface area contributed by atoms with Gasteiger partial charge < -0.3 is 15.6 Å². The number of nitrogens with two attached hydrogens (primary N) is 1. The molecule has 0 aliphatic rings. The Balaban J connectivity index is 2.82. The van der Waals surface area contributed by atoms with Gasteiger partial charge in [0.25, 0.3) is 0 Å². The summed E-state index contributed by atoms with van der Waals surface area (Å²) in [7, 11) is 0. The number of hydrogen-bond donors (Lipinski definition) is 2. The van der Waals surface area contributed by atoms with Crippen molar-refractivity contribution in [2.24, 2.45) is 5.73 Å². The minimum Gasteiger partial charge on any atom is -0.386 e. The standard InChI is InChI=1S/C10H13NO2/c1-7-2-4-8(5-3-7)10(13)9(11)6-12/h2-6,9-10,13H,11H2,1H3/t9-,10-/m1/s1. The highest BCUT2D eigenvalue weighted by Crippen LogP contribution is 2.14. The number of aryl methyl sites for hydroxylation is 1. The minimum atomic E-state index is -0.905. The first-order valence-corrected chi connectivity index (χ1v) is 4.10. The molecule has 0 aliphatic carbocycles. The molecule has 0 aliphatic heterocycles. The first-order chi connectivity index (χ1) is 6.15. The number of aldehydes is 1. The number of carbonyl (C=O) groups excluding carboxylic acids is 1. The lowest BCUT2D eigenvalue weighted by molar-refractivity contribution is -0.111. The fraction of sp³-hybridized carbons (Fsp3) is 0.300. The third kappa shape index (κ3) is 2.37. The van der Waals surface area contributed by atoms with E-state index in [-0.39, 0.29) is 0 Å². The first-order valence-electron chi connectivity index (χ1n) is 4.10. The lowest BCUT2D eigenvalue weighted by atomic mass is 10.0. The fourth-order valence-corrected chi connectivity index (χ4v) is 1.06. The van der Waals surface area contributed by atoms with Crippen LogP contribution in [0.1, 0.15) is 17.2 Å². The topological polar surface area (TPSA) is 63.3 Å². The molecule has 0 heterocycles. The van der Waals surface area contributed by atoms with Gasteiger partial charge >= 0.3 is 0 Å². The molecule has 70 valence electrons. The Labute approximate surface area is 77.2 Å². The van der Waals surface area contributed by atoms with Crippen LogP contribution in [0.2, 0.25) is 0 Å². The Hall–Kier alpha value is -1.19. The monoisotopic (exact) mass is 179 g/mol. The molecule has 1 aromatic carbocycles. The van der Waals surface area contributed by atoms with E-state index in [0.29, 0.717) is 11.8 Å². The highest BCUT2D eigenvalue weighted by Gasteiger charge is 2.15. The predicted molar refractivity (Wildman–Crippen MR) is 50.2 cm³/mol. The van der Waals surface area contributed by atoms with Crippen molar-refractivity contribution in [1.82, 2.24) is 0 Å². The Morgan fingerprint density at radius 1 is 1.38 bits per heavy atom. The van der Waals surface area contributed by atoms with Gasteiger partial charge in [-0.3, -0.25) is 0 Å². The van der Waals surface area contributed by atoms with Gasteiger partial charge in [0.15, 0.2) is 0 Å². The van der Waals surface area contributed by atoms with Crippen LogP contribution in [0.5, 0.6) is 0 Å². The second kappa shape index (κ2) is 4.16. The number of aliphatic hydroxyl groups is 1. The molecule has 0 saturated carbocycles. The molecular weight excluding hydrogens is 166 g/mol. The summed E-state index contributed by atoms with van der Waals surface area (Å²) < 4.78 is 0. The molecule has 0 radical (unpaired) electrons. The Bertz CT molecular complexity index is 281. The molecule has 1 aromatic rings. The summed E-state index contributed by atoms with van der Waals surface area (Å²) in [4.78, 5) is 10.3. The summed E-state index contributed by atoms with van der Waals surface area (Å²) in [6, 6.07) is 6.43. The molecule has 3 heteroatoms. The minimum absolute atomic E-state index is 0.546. The molecule has 3 N–H and O–H groups in total. The van der Waals surface area contributed by atoms with Crippen LogP contribution in [0, 0.1) is 6.92 Å². The summed E-state index contributed by atoms with van der Waals surface area (Å²) in [5, 5.41) is 9.52. The van der Waals surface area contributed by atoms with Gasteiger partial charge in [-0.15, -0.1) is 0 Å². The maximum Gasteiger partial charge on any atom is 0.139 e. The zero-order chi connectivity index (χ0) is 9.84. The highest BCUT2D eigenvalue weighted by atomic mass is 16.3. The largest absolute Gasteiger partial charge is 0.386 e. The van der Waals surface area contributed by atoms with Crippen molar-refractivity contribution in [3.05, 3.63) is 35.4 Å². The molecule has 0 amide bonds. The lowest BCUT2D eigenvalue weighted by Gasteiger charge is -2.13. The van der Waals surface area contributed by atoms with E-state index >= 15 is 0 Å². The maximum atomic E-state index is 10.3. The summed E-state index contributed by atoms with van der Waals surface area (Å²) in [5.41, 5.74) is 7.15. The average molecular weight is 179 g/mol. The van der Waals surface area contributed by atoms with Crippen LogP contribution >= 0.6 is 0 Å². The van der Waals surface area contributed by atoms with Gasteiger partial charge in [0.2, 0.25) is 0 Å². The molecule has 0 unspecified atom stereocenters. The Kier molecular flexibility index (Phi) is 3.17. The van der Waals surface area contributed by atoms with Crippen molar-refractivity contribution < 1.29 is 9.90 Å². The molecule has 0 spiro atoms. The van der Waals surface area contributed by atoms with Gasteiger partial charge in [-0.2, -0.15) is 0 Å². The Morgan fingerprint density at radius 3 is 2.38 bits per heavy atom. The van der Waals surface area contributed by atoms with Crippen molar-refractivity contribution >= 4 is 6.29 Å². The zero-order valence-electron chi connectivity index (χ0n) is 7.47. The van der Waals surface area contributed by atoms with E-state index in [1.165, 1.54) is 0 Å². The van der Waals surface area contributed by atoms with Crippen molar-refractivity contribution in [2.45, 2.75) is 19.1 Å². The van der Waals surface area contributed by atoms with Gasteiger partial charge in [-0.25, -0.2) is 0 Å². The SMILES string of the molecule is Cc1ccc([C@@H](O)[C@H](N)C=O)cc1. The molecule has 0 fully saturated rings. The van der Waals surface area contributed by atoms with Gasteiger partial charge in [-0.1, -0.05) is 29.8 Å². The first kappa shape index (κ1) is 9.89. The lowest BCUT2D eigenvalue weighted by Crippen LogP contribution is -2.29. The number of rotatable bonds is 3. The maximum absolute atomic E-state index is 10.3. The average Bonchev–Trinajstić information content (AvgIpc) is 2.17. The van der Waals surface area contributed by atoms with Gasteiger partial charge in [0, 0.05) is 0 Å². The van der Waals surface area contributed by atoms with Crippen LogP contribution in [-0.2, 0) is 4.79 Å². The highest BCUT2D eigenvalue weighted by molar-refractivity contribution is 5.58. The van der Waals surface area contributed by atoms with Crippen LogP contribution in [0.15, 0.2) is 24.3 Å². The van der Waals surface area contributed by atoms with E-state index in [4.69, 9.17) is 5.73 Å². The van der Waals surface area contributed by atoms with Crippen molar-refractivity contribution in [3.63, 3.8) is 0 Å². The summed E-state index contributed by atoms with van der Waals surface area (Å²) in [6.07, 6.45) is -0.358. The third-order valence-corrected chi connectivity index (χ3v) is 1.94. The van der Waals surface area contributed by atoms with Crippen LogP contribution < -0.4 is 5.73 Å².